The fourth-order valence-corrected chi connectivity index (χ4v) is 1.61. The zero-order valence-electron chi connectivity index (χ0n) is 15.3. The maximum atomic E-state index is 8.40. The van der Waals surface area contributed by atoms with Crippen LogP contribution in [-0.2, 0) is 14.2 Å². The summed E-state index contributed by atoms with van der Waals surface area (Å²) in [6.45, 7) is 11.1. The lowest BCUT2D eigenvalue weighted by molar-refractivity contribution is 0.0321. The highest BCUT2D eigenvalue weighted by Gasteiger charge is 1.90. The van der Waals surface area contributed by atoms with E-state index in [9.17, 15) is 0 Å². The second kappa shape index (κ2) is 25.8. The third kappa shape index (κ3) is 28.1. The molecule has 1 N–H and O–H groups in total. The molecule has 0 saturated carbocycles. The summed E-state index contributed by atoms with van der Waals surface area (Å²) >= 11 is 0. The van der Waals surface area contributed by atoms with Gasteiger partial charge in [-0.15, -0.1) is 0 Å². The van der Waals surface area contributed by atoms with Gasteiger partial charge in [-0.05, 0) is 19.3 Å². The normalized spacial score (nSPS) is 10.4. The van der Waals surface area contributed by atoms with E-state index in [1.54, 1.807) is 0 Å². The highest BCUT2D eigenvalue weighted by molar-refractivity contribution is 4.39. The van der Waals surface area contributed by atoms with Gasteiger partial charge >= 0.3 is 0 Å². The highest BCUT2D eigenvalue weighted by Crippen LogP contribution is 1.98. The van der Waals surface area contributed by atoms with Gasteiger partial charge in [-0.2, -0.15) is 0 Å². The van der Waals surface area contributed by atoms with Crippen LogP contribution in [0.4, 0.5) is 0 Å². The van der Waals surface area contributed by atoms with E-state index in [0.717, 1.165) is 26.2 Å². The van der Waals surface area contributed by atoms with Gasteiger partial charge in [-0.3, -0.25) is 0 Å². The molecular weight excluding hydrogens is 280 g/mol. The fraction of sp³-hybridized carbons (Fsp3) is 1.00. The van der Waals surface area contributed by atoms with Crippen LogP contribution in [0.2, 0.25) is 0 Å². The number of hydrogen-bond donors (Lipinski definition) is 1. The topological polar surface area (TPSA) is 47.9 Å². The summed E-state index contributed by atoms with van der Waals surface area (Å²) in [6, 6.07) is 0. The van der Waals surface area contributed by atoms with Crippen LogP contribution in [0.3, 0.4) is 0 Å². The Morgan fingerprint density at radius 2 is 0.955 bits per heavy atom. The Balaban J connectivity index is 0. The second-order valence-electron chi connectivity index (χ2n) is 5.33. The molecule has 0 aliphatic heterocycles. The minimum absolute atomic E-state index is 0.0938. The van der Waals surface area contributed by atoms with Gasteiger partial charge in [0.05, 0.1) is 26.4 Å². The SMILES string of the molecule is CCCCCCOCCOCCO.CCCCOCCCC. The van der Waals surface area contributed by atoms with E-state index in [-0.39, 0.29) is 6.61 Å². The molecule has 4 heteroatoms. The van der Waals surface area contributed by atoms with Crippen molar-refractivity contribution >= 4 is 0 Å². The monoisotopic (exact) mass is 320 g/mol. The molecule has 0 saturated heterocycles. The van der Waals surface area contributed by atoms with Gasteiger partial charge in [0.1, 0.15) is 0 Å². The number of hydrogen-bond acceptors (Lipinski definition) is 4. The third-order valence-corrected chi connectivity index (χ3v) is 3.03. The molecule has 0 aromatic heterocycles. The van der Waals surface area contributed by atoms with Crippen molar-refractivity contribution in [3.63, 3.8) is 0 Å². The molecule has 0 aliphatic rings. The Bertz CT molecular complexity index is 149. The number of rotatable bonds is 16. The third-order valence-electron chi connectivity index (χ3n) is 3.03. The molecule has 0 unspecified atom stereocenters. The molecule has 0 amide bonds. The zero-order valence-corrected chi connectivity index (χ0v) is 15.3. The molecule has 0 rings (SSSR count). The summed E-state index contributed by atoms with van der Waals surface area (Å²) in [7, 11) is 0. The van der Waals surface area contributed by atoms with Crippen molar-refractivity contribution in [2.45, 2.75) is 72.1 Å². The Morgan fingerprint density at radius 1 is 0.500 bits per heavy atom. The average molecular weight is 321 g/mol. The molecule has 0 aliphatic carbocycles. The molecule has 22 heavy (non-hydrogen) atoms. The Labute approximate surface area is 138 Å². The summed E-state index contributed by atoms with van der Waals surface area (Å²) in [5.74, 6) is 0. The van der Waals surface area contributed by atoms with E-state index in [1.807, 2.05) is 0 Å². The van der Waals surface area contributed by atoms with Gasteiger partial charge in [-0.25, -0.2) is 0 Å². The number of aliphatic hydroxyl groups excluding tert-OH is 1. The van der Waals surface area contributed by atoms with E-state index in [1.165, 1.54) is 44.9 Å². The summed E-state index contributed by atoms with van der Waals surface area (Å²) in [5.41, 5.74) is 0. The predicted octanol–water partition coefficient (Wildman–Crippen LogP) is 4.20. The van der Waals surface area contributed by atoms with Crippen LogP contribution in [0.5, 0.6) is 0 Å². The molecule has 0 aromatic rings. The Hall–Kier alpha value is -0.160. The lowest BCUT2D eigenvalue weighted by Gasteiger charge is -2.04. The molecular formula is C18H40O4. The molecule has 0 bridgehead atoms. The van der Waals surface area contributed by atoms with Crippen LogP contribution in [0, 0.1) is 0 Å². The highest BCUT2D eigenvalue weighted by atomic mass is 16.5. The smallest absolute Gasteiger partial charge is 0.0701 e. The maximum Gasteiger partial charge on any atom is 0.0701 e. The first kappa shape index (κ1) is 24.1. The van der Waals surface area contributed by atoms with Crippen molar-refractivity contribution < 1.29 is 19.3 Å². The van der Waals surface area contributed by atoms with Crippen LogP contribution in [-0.4, -0.2) is 51.4 Å². The van der Waals surface area contributed by atoms with Crippen molar-refractivity contribution in [2.24, 2.45) is 0 Å². The van der Waals surface area contributed by atoms with Crippen LogP contribution < -0.4 is 0 Å². The second-order valence-corrected chi connectivity index (χ2v) is 5.33. The molecule has 0 atom stereocenters. The van der Waals surface area contributed by atoms with Crippen molar-refractivity contribution in [1.29, 1.82) is 0 Å². The van der Waals surface area contributed by atoms with E-state index in [4.69, 9.17) is 19.3 Å². The Kier molecular flexibility index (Phi) is 28.2. The van der Waals surface area contributed by atoms with Gasteiger partial charge in [-0.1, -0.05) is 52.9 Å². The molecule has 0 spiro atoms. The van der Waals surface area contributed by atoms with Crippen molar-refractivity contribution in [1.82, 2.24) is 0 Å². The van der Waals surface area contributed by atoms with Crippen molar-refractivity contribution in [3.8, 4) is 0 Å². The van der Waals surface area contributed by atoms with Crippen LogP contribution in [0.25, 0.3) is 0 Å². The standard InChI is InChI=1S/C10H22O3.C8H18O/c1-2-3-4-5-7-12-9-10-13-8-6-11;1-3-5-7-9-8-6-4-2/h11H,2-10H2,1H3;3-8H2,1-2H3. The summed E-state index contributed by atoms with van der Waals surface area (Å²) in [6.07, 6.45) is 9.87. The lowest BCUT2D eigenvalue weighted by Crippen LogP contribution is -2.07. The van der Waals surface area contributed by atoms with Gasteiger partial charge in [0.15, 0.2) is 0 Å². The van der Waals surface area contributed by atoms with Crippen LogP contribution in [0.1, 0.15) is 72.1 Å². The minimum atomic E-state index is 0.0938. The lowest BCUT2D eigenvalue weighted by atomic mass is 10.2. The average Bonchev–Trinajstić information content (AvgIpc) is 2.54. The summed E-state index contributed by atoms with van der Waals surface area (Å²) < 4.78 is 15.7. The number of aliphatic hydroxyl groups is 1. The van der Waals surface area contributed by atoms with Crippen LogP contribution >= 0.6 is 0 Å². The fourth-order valence-electron chi connectivity index (χ4n) is 1.61. The minimum Gasteiger partial charge on any atom is -0.394 e. The van der Waals surface area contributed by atoms with Gasteiger partial charge in [0.2, 0.25) is 0 Å². The zero-order chi connectivity index (χ0) is 16.7. The molecule has 0 heterocycles. The van der Waals surface area contributed by atoms with E-state index >= 15 is 0 Å². The van der Waals surface area contributed by atoms with E-state index < -0.39 is 0 Å². The summed E-state index contributed by atoms with van der Waals surface area (Å²) in [4.78, 5) is 0. The molecule has 0 aromatic carbocycles. The quantitative estimate of drug-likeness (QED) is 0.433. The Morgan fingerprint density at radius 3 is 1.45 bits per heavy atom. The van der Waals surface area contributed by atoms with Gasteiger partial charge in [0.25, 0.3) is 0 Å². The summed E-state index contributed by atoms with van der Waals surface area (Å²) in [5, 5.41) is 8.40. The van der Waals surface area contributed by atoms with Crippen LogP contribution in [0.15, 0.2) is 0 Å². The van der Waals surface area contributed by atoms with E-state index in [0.29, 0.717) is 19.8 Å². The largest absolute Gasteiger partial charge is 0.394 e. The first-order valence-corrected chi connectivity index (χ1v) is 9.17. The predicted molar refractivity (Wildman–Crippen MR) is 93.5 cm³/mol. The van der Waals surface area contributed by atoms with Gasteiger partial charge in [0, 0.05) is 19.8 Å². The first-order valence-electron chi connectivity index (χ1n) is 9.17. The van der Waals surface area contributed by atoms with E-state index in [2.05, 4.69) is 20.8 Å². The van der Waals surface area contributed by atoms with Crippen molar-refractivity contribution in [2.75, 3.05) is 46.2 Å². The maximum absolute atomic E-state index is 8.40. The number of unbranched alkanes of at least 4 members (excludes halogenated alkanes) is 5. The molecule has 0 fully saturated rings. The number of ether oxygens (including phenoxy) is 3. The van der Waals surface area contributed by atoms with Gasteiger partial charge < -0.3 is 19.3 Å². The first-order chi connectivity index (χ1) is 10.8. The molecule has 136 valence electrons. The van der Waals surface area contributed by atoms with Crippen molar-refractivity contribution in [3.05, 3.63) is 0 Å². The molecule has 0 radical (unpaired) electrons. The molecule has 4 nitrogen and oxygen atoms in total.